The Morgan fingerprint density at radius 2 is 1.95 bits per heavy atom. The van der Waals surface area contributed by atoms with Gasteiger partial charge in [-0.25, -0.2) is 9.97 Å². The first-order valence-corrected chi connectivity index (χ1v) is 8.10. The summed E-state index contributed by atoms with van der Waals surface area (Å²) in [5.41, 5.74) is 3.43. The Balaban J connectivity index is 2.03. The highest BCUT2D eigenvalue weighted by molar-refractivity contribution is 9.10. The minimum Gasteiger partial charge on any atom is -0.328 e. The number of aryl methyl sites for hydroxylation is 2. The van der Waals surface area contributed by atoms with Crippen molar-refractivity contribution in [2.45, 2.75) is 26.3 Å². The van der Waals surface area contributed by atoms with E-state index in [4.69, 9.17) is 11.6 Å². The van der Waals surface area contributed by atoms with Gasteiger partial charge in [-0.3, -0.25) is 0 Å². The highest BCUT2D eigenvalue weighted by atomic mass is 79.9. The maximum atomic E-state index is 6.23. The Morgan fingerprint density at radius 1 is 1.19 bits per heavy atom. The molecule has 3 rings (SSSR count). The summed E-state index contributed by atoms with van der Waals surface area (Å²) in [6.45, 7) is 3.02. The molecule has 0 fully saturated rings. The van der Waals surface area contributed by atoms with E-state index >= 15 is 0 Å². The van der Waals surface area contributed by atoms with Crippen molar-refractivity contribution in [3.63, 3.8) is 0 Å². The molecule has 0 amide bonds. The van der Waals surface area contributed by atoms with Crippen molar-refractivity contribution in [3.8, 4) is 0 Å². The average Bonchev–Trinajstić information content (AvgIpc) is 2.79. The predicted octanol–water partition coefficient (Wildman–Crippen LogP) is 4.65. The lowest BCUT2D eigenvalue weighted by molar-refractivity contribution is 0.680. The third kappa shape index (κ3) is 2.70. The lowest BCUT2D eigenvalue weighted by atomic mass is 10.1. The van der Waals surface area contributed by atoms with Crippen LogP contribution in [0.5, 0.6) is 0 Å². The highest BCUT2D eigenvalue weighted by Gasteiger charge is 2.17. The second kappa shape index (κ2) is 6.16. The van der Waals surface area contributed by atoms with Crippen molar-refractivity contribution in [3.05, 3.63) is 57.5 Å². The van der Waals surface area contributed by atoms with Gasteiger partial charge in [-0.2, -0.15) is 0 Å². The predicted molar refractivity (Wildman–Crippen MR) is 89.8 cm³/mol. The van der Waals surface area contributed by atoms with Crippen LogP contribution >= 0.6 is 27.5 Å². The lowest BCUT2D eigenvalue weighted by Gasteiger charge is -2.09. The summed E-state index contributed by atoms with van der Waals surface area (Å²) in [7, 11) is 0. The maximum Gasteiger partial charge on any atom is 0.146 e. The van der Waals surface area contributed by atoms with Gasteiger partial charge in [0.1, 0.15) is 17.1 Å². The van der Waals surface area contributed by atoms with Crippen molar-refractivity contribution in [2.24, 2.45) is 0 Å². The first kappa shape index (κ1) is 14.5. The average molecular weight is 365 g/mol. The minimum absolute atomic E-state index is 0.500. The molecular formula is C16H15BrClN3. The standard InChI is InChI=1S/C16H15BrClN3/c1-2-12-14(17)13-15(18)19-10-20-16(13)21(12)9-8-11-6-4-3-5-7-11/h3-7,10H,2,8-9H2,1H3. The van der Waals surface area contributed by atoms with Crippen LogP contribution in [0, 0.1) is 0 Å². The number of hydrogen-bond acceptors (Lipinski definition) is 2. The van der Waals surface area contributed by atoms with Crippen molar-refractivity contribution in [1.82, 2.24) is 14.5 Å². The number of nitrogens with zero attached hydrogens (tertiary/aromatic N) is 3. The van der Waals surface area contributed by atoms with E-state index in [-0.39, 0.29) is 0 Å². The fourth-order valence-electron chi connectivity index (χ4n) is 2.61. The van der Waals surface area contributed by atoms with Crippen LogP contribution in [0.4, 0.5) is 0 Å². The monoisotopic (exact) mass is 363 g/mol. The number of benzene rings is 1. The zero-order chi connectivity index (χ0) is 14.8. The molecule has 0 aliphatic carbocycles. The molecule has 0 spiro atoms. The van der Waals surface area contributed by atoms with Crippen LogP contribution in [0.25, 0.3) is 11.0 Å². The molecule has 0 bridgehead atoms. The van der Waals surface area contributed by atoms with E-state index in [0.717, 1.165) is 34.9 Å². The van der Waals surface area contributed by atoms with E-state index in [1.165, 1.54) is 17.6 Å². The smallest absolute Gasteiger partial charge is 0.146 e. The summed E-state index contributed by atoms with van der Waals surface area (Å²) in [6, 6.07) is 10.5. The van der Waals surface area contributed by atoms with Gasteiger partial charge in [0.15, 0.2) is 0 Å². The van der Waals surface area contributed by atoms with E-state index in [0.29, 0.717) is 5.15 Å². The molecule has 0 aliphatic heterocycles. The summed E-state index contributed by atoms with van der Waals surface area (Å²) in [5.74, 6) is 0. The van der Waals surface area contributed by atoms with Crippen molar-refractivity contribution in [1.29, 1.82) is 0 Å². The lowest BCUT2D eigenvalue weighted by Crippen LogP contribution is -2.06. The van der Waals surface area contributed by atoms with E-state index in [1.807, 2.05) is 6.07 Å². The highest BCUT2D eigenvalue weighted by Crippen LogP contribution is 2.34. The summed E-state index contributed by atoms with van der Waals surface area (Å²) in [6.07, 6.45) is 3.41. The second-order valence-electron chi connectivity index (χ2n) is 4.86. The molecule has 2 heterocycles. The summed E-state index contributed by atoms with van der Waals surface area (Å²) >= 11 is 9.88. The van der Waals surface area contributed by atoms with Gasteiger partial charge in [0.2, 0.25) is 0 Å². The SMILES string of the molecule is CCc1c(Br)c2c(Cl)ncnc2n1CCc1ccccc1. The molecule has 2 aromatic heterocycles. The molecule has 0 atom stereocenters. The topological polar surface area (TPSA) is 30.7 Å². The molecule has 0 saturated carbocycles. The van der Waals surface area contributed by atoms with E-state index < -0.39 is 0 Å². The van der Waals surface area contributed by atoms with E-state index in [1.54, 1.807) is 0 Å². The van der Waals surface area contributed by atoms with Crippen molar-refractivity contribution >= 4 is 38.6 Å². The zero-order valence-electron chi connectivity index (χ0n) is 11.7. The minimum atomic E-state index is 0.500. The summed E-state index contributed by atoms with van der Waals surface area (Å²) in [4.78, 5) is 8.51. The van der Waals surface area contributed by atoms with Gasteiger partial charge in [-0.15, -0.1) is 0 Å². The largest absolute Gasteiger partial charge is 0.328 e. The summed E-state index contributed by atoms with van der Waals surface area (Å²) < 4.78 is 3.25. The molecule has 5 heteroatoms. The van der Waals surface area contributed by atoms with Crippen molar-refractivity contribution < 1.29 is 0 Å². The Morgan fingerprint density at radius 3 is 2.67 bits per heavy atom. The van der Waals surface area contributed by atoms with Crippen LogP contribution in [-0.4, -0.2) is 14.5 Å². The van der Waals surface area contributed by atoms with Gasteiger partial charge in [0.05, 0.1) is 9.86 Å². The Kier molecular flexibility index (Phi) is 4.27. The number of halogens is 2. The number of hydrogen-bond donors (Lipinski definition) is 0. The molecule has 3 aromatic rings. The van der Waals surface area contributed by atoms with Gasteiger partial charge in [0.25, 0.3) is 0 Å². The normalized spacial score (nSPS) is 11.2. The molecule has 0 unspecified atom stereocenters. The second-order valence-corrected chi connectivity index (χ2v) is 6.02. The van der Waals surface area contributed by atoms with Gasteiger partial charge < -0.3 is 4.57 Å². The molecule has 0 saturated heterocycles. The number of fused-ring (bicyclic) bond motifs is 1. The van der Waals surface area contributed by atoms with Crippen molar-refractivity contribution in [2.75, 3.05) is 0 Å². The van der Waals surface area contributed by atoms with Gasteiger partial charge >= 0.3 is 0 Å². The van der Waals surface area contributed by atoms with E-state index in [9.17, 15) is 0 Å². The van der Waals surface area contributed by atoms with Crippen LogP contribution in [-0.2, 0) is 19.4 Å². The van der Waals surface area contributed by atoms with Gasteiger partial charge in [-0.1, -0.05) is 48.9 Å². The Bertz CT molecular complexity index is 768. The van der Waals surface area contributed by atoms with Crippen LogP contribution in [0.1, 0.15) is 18.2 Å². The third-order valence-corrected chi connectivity index (χ3v) is 4.78. The summed E-state index contributed by atoms with van der Waals surface area (Å²) in [5, 5.41) is 1.41. The first-order chi connectivity index (χ1) is 10.2. The molecule has 3 nitrogen and oxygen atoms in total. The molecule has 21 heavy (non-hydrogen) atoms. The fraction of sp³-hybridized carbons (Fsp3) is 0.250. The molecule has 0 radical (unpaired) electrons. The van der Waals surface area contributed by atoms with Crippen LogP contribution < -0.4 is 0 Å². The molecular weight excluding hydrogens is 350 g/mol. The van der Waals surface area contributed by atoms with Crippen LogP contribution in [0.15, 0.2) is 41.1 Å². The Hall–Kier alpha value is -1.39. The third-order valence-electron chi connectivity index (χ3n) is 3.64. The number of rotatable bonds is 4. The van der Waals surface area contributed by atoms with Gasteiger partial charge in [-0.05, 0) is 34.3 Å². The molecule has 1 aromatic carbocycles. The van der Waals surface area contributed by atoms with Crippen LogP contribution in [0.3, 0.4) is 0 Å². The quantitative estimate of drug-likeness (QED) is 0.631. The molecule has 0 aliphatic rings. The zero-order valence-corrected chi connectivity index (χ0v) is 14.0. The maximum absolute atomic E-state index is 6.23. The molecule has 108 valence electrons. The van der Waals surface area contributed by atoms with Crippen LogP contribution in [0.2, 0.25) is 5.15 Å². The van der Waals surface area contributed by atoms with E-state index in [2.05, 4.69) is 61.7 Å². The first-order valence-electron chi connectivity index (χ1n) is 6.93. The van der Waals surface area contributed by atoms with Gasteiger partial charge in [0, 0.05) is 12.2 Å². The fourth-order valence-corrected chi connectivity index (χ4v) is 3.81. The molecule has 0 N–H and O–H groups in total. The Labute approximate surface area is 137 Å². The number of aromatic nitrogens is 3.